The summed E-state index contributed by atoms with van der Waals surface area (Å²) in [4.78, 5) is 28.5. The largest absolute Gasteiger partial charge is 0.417 e. The first kappa shape index (κ1) is 25.3. The molecule has 1 saturated heterocycles. The second-order valence-electron chi connectivity index (χ2n) is 8.98. The molecule has 0 aromatic heterocycles. The first-order valence-electron chi connectivity index (χ1n) is 11.4. The topological polar surface area (TPSA) is 102 Å². The lowest BCUT2D eigenvalue weighted by Crippen LogP contribution is -2.49. The monoisotopic (exact) mass is 510 g/mol. The number of anilines is 1. The summed E-state index contributed by atoms with van der Waals surface area (Å²) in [6, 6.07) is 4.25. The van der Waals surface area contributed by atoms with Crippen molar-refractivity contribution >= 4 is 27.5 Å². The van der Waals surface area contributed by atoms with E-state index in [9.17, 15) is 31.2 Å². The van der Waals surface area contributed by atoms with E-state index in [0.29, 0.717) is 45.2 Å². The number of benzene rings is 1. The van der Waals surface area contributed by atoms with E-state index in [1.165, 1.54) is 17.3 Å². The van der Waals surface area contributed by atoms with E-state index in [-0.39, 0.29) is 28.5 Å². The Bertz CT molecular complexity index is 1220. The molecule has 0 N–H and O–H groups in total. The van der Waals surface area contributed by atoms with Crippen molar-refractivity contribution in [2.75, 3.05) is 37.6 Å². The van der Waals surface area contributed by atoms with Crippen LogP contribution >= 0.6 is 0 Å². The molecule has 1 aromatic carbocycles. The minimum atomic E-state index is -4.81. The van der Waals surface area contributed by atoms with E-state index < -0.39 is 39.1 Å². The third kappa shape index (κ3) is 4.98. The number of piperazine rings is 1. The highest BCUT2D eigenvalue weighted by atomic mass is 32.2. The van der Waals surface area contributed by atoms with Crippen molar-refractivity contribution in [3.8, 4) is 6.07 Å². The van der Waals surface area contributed by atoms with Crippen LogP contribution in [0.15, 0.2) is 29.3 Å². The summed E-state index contributed by atoms with van der Waals surface area (Å²) in [5.41, 5.74) is -1.58. The van der Waals surface area contributed by atoms with E-state index in [4.69, 9.17) is 5.26 Å². The van der Waals surface area contributed by atoms with E-state index in [0.717, 1.165) is 29.9 Å². The van der Waals surface area contributed by atoms with Crippen LogP contribution in [0.3, 0.4) is 0 Å². The molecule has 0 atom stereocenters. The normalized spacial score (nSPS) is 20.6. The van der Waals surface area contributed by atoms with Crippen LogP contribution in [0, 0.1) is 11.3 Å². The Morgan fingerprint density at radius 2 is 1.74 bits per heavy atom. The van der Waals surface area contributed by atoms with Crippen LogP contribution < -0.4 is 4.90 Å². The van der Waals surface area contributed by atoms with Crippen LogP contribution in [0.25, 0.3) is 0 Å². The first-order valence-corrected chi connectivity index (χ1v) is 12.9. The Morgan fingerprint density at radius 3 is 2.31 bits per heavy atom. The maximum absolute atomic E-state index is 13.3. The van der Waals surface area contributed by atoms with Gasteiger partial charge in [-0.2, -0.15) is 22.7 Å². The van der Waals surface area contributed by atoms with E-state index in [1.54, 1.807) is 0 Å². The van der Waals surface area contributed by atoms with Gasteiger partial charge < -0.3 is 4.90 Å². The van der Waals surface area contributed by atoms with Gasteiger partial charge in [-0.15, -0.1) is 0 Å². The quantitative estimate of drug-likeness (QED) is 0.523. The molecule has 4 rings (SSSR count). The predicted octanol–water partition coefficient (Wildman–Crippen LogP) is 2.66. The molecule has 0 radical (unpaired) electrons. The molecule has 2 aliphatic heterocycles. The molecular weight excluding hydrogens is 485 g/mol. The maximum Gasteiger partial charge on any atom is 0.417 e. The van der Waals surface area contributed by atoms with Gasteiger partial charge >= 0.3 is 6.18 Å². The lowest BCUT2D eigenvalue weighted by molar-refractivity contribution is -0.138. The summed E-state index contributed by atoms with van der Waals surface area (Å²) >= 11 is 0. The fraction of sp³-hybridized carbons (Fsp3) is 0.522. The molecule has 2 fully saturated rings. The highest BCUT2D eigenvalue weighted by molar-refractivity contribution is 7.90. The lowest BCUT2D eigenvalue weighted by atomic mass is 10.1. The molecule has 3 aliphatic rings. The van der Waals surface area contributed by atoms with Gasteiger partial charge in [-0.1, -0.05) is 0 Å². The Labute approximate surface area is 201 Å². The molecule has 188 valence electrons. The number of imide groups is 1. The van der Waals surface area contributed by atoms with Crippen molar-refractivity contribution < 1.29 is 31.2 Å². The van der Waals surface area contributed by atoms with Crippen LogP contribution in [0.1, 0.15) is 43.7 Å². The van der Waals surface area contributed by atoms with Gasteiger partial charge in [-0.05, 0) is 57.4 Å². The smallest absolute Gasteiger partial charge is 0.301 e. The van der Waals surface area contributed by atoms with Crippen molar-refractivity contribution in [3.63, 3.8) is 0 Å². The summed E-state index contributed by atoms with van der Waals surface area (Å²) in [7, 11) is -3.19. The number of carbonyl (C=O) groups excluding carboxylic acids is 2. The highest BCUT2D eigenvalue weighted by Gasteiger charge is 2.41. The van der Waals surface area contributed by atoms with Gasteiger partial charge in [0, 0.05) is 37.3 Å². The molecule has 12 heteroatoms. The number of sulfonamides is 1. The fourth-order valence-corrected chi connectivity index (χ4v) is 6.31. The van der Waals surface area contributed by atoms with Gasteiger partial charge in [0.1, 0.15) is 0 Å². The van der Waals surface area contributed by atoms with Gasteiger partial charge in [0.25, 0.3) is 11.8 Å². The van der Waals surface area contributed by atoms with Crippen molar-refractivity contribution in [1.29, 1.82) is 5.26 Å². The zero-order valence-corrected chi connectivity index (χ0v) is 20.0. The van der Waals surface area contributed by atoms with Crippen LogP contribution in [-0.4, -0.2) is 67.4 Å². The van der Waals surface area contributed by atoms with Crippen LogP contribution in [0.5, 0.6) is 0 Å². The maximum atomic E-state index is 13.3. The zero-order valence-electron chi connectivity index (χ0n) is 19.1. The second kappa shape index (κ2) is 9.37. The number of rotatable bonds is 7. The van der Waals surface area contributed by atoms with Gasteiger partial charge in [0.2, 0.25) is 10.0 Å². The van der Waals surface area contributed by atoms with Crippen molar-refractivity contribution in [2.24, 2.45) is 0 Å². The lowest BCUT2D eigenvalue weighted by Gasteiger charge is -2.34. The second-order valence-corrected chi connectivity index (χ2v) is 11.2. The van der Waals surface area contributed by atoms with Crippen molar-refractivity contribution in [2.45, 2.75) is 44.0 Å². The number of halogens is 3. The number of alkyl halides is 3. The SMILES string of the molecule is CC1=C(CCCN2CCN(S(=O)(=O)C3CC3)CC2)C(=O)N(c2ccc(C#N)c(C(F)(F)F)c2)C1=O. The molecule has 1 aliphatic carbocycles. The summed E-state index contributed by atoms with van der Waals surface area (Å²) < 4.78 is 66.3. The molecule has 0 spiro atoms. The van der Waals surface area contributed by atoms with Gasteiger partial charge in [-0.3, -0.25) is 9.59 Å². The minimum absolute atomic E-state index is 0.188. The molecular formula is C23H25F3N4O4S. The van der Waals surface area contributed by atoms with Crippen molar-refractivity contribution in [3.05, 3.63) is 40.5 Å². The summed E-state index contributed by atoms with van der Waals surface area (Å²) in [6.07, 6.45) is -2.55. The Balaban J connectivity index is 1.37. The summed E-state index contributed by atoms with van der Waals surface area (Å²) in [5.74, 6) is -1.34. The molecule has 35 heavy (non-hydrogen) atoms. The van der Waals surface area contributed by atoms with Gasteiger partial charge in [0.15, 0.2) is 0 Å². The van der Waals surface area contributed by atoms with Crippen LogP contribution in [0.4, 0.5) is 18.9 Å². The van der Waals surface area contributed by atoms with E-state index in [2.05, 4.69) is 4.90 Å². The fourth-order valence-electron chi connectivity index (χ4n) is 4.48. The Kier molecular flexibility index (Phi) is 6.78. The van der Waals surface area contributed by atoms with Crippen LogP contribution in [-0.2, 0) is 25.8 Å². The minimum Gasteiger partial charge on any atom is -0.301 e. The molecule has 2 amide bonds. The Hall–Kier alpha value is -2.75. The molecule has 0 bridgehead atoms. The number of carbonyl (C=O) groups is 2. The molecule has 8 nitrogen and oxygen atoms in total. The number of amides is 2. The predicted molar refractivity (Wildman–Crippen MR) is 121 cm³/mol. The Morgan fingerprint density at radius 1 is 1.09 bits per heavy atom. The van der Waals surface area contributed by atoms with Gasteiger partial charge in [0.05, 0.1) is 28.1 Å². The summed E-state index contributed by atoms with van der Waals surface area (Å²) in [6.45, 7) is 4.08. The molecule has 0 unspecified atom stereocenters. The van der Waals surface area contributed by atoms with E-state index in [1.807, 2.05) is 0 Å². The average Bonchev–Trinajstić information content (AvgIpc) is 3.64. The number of nitrogens with zero attached hydrogens (tertiary/aromatic N) is 4. The summed E-state index contributed by atoms with van der Waals surface area (Å²) in [5, 5.41) is 8.73. The number of hydrogen-bond donors (Lipinski definition) is 0. The van der Waals surface area contributed by atoms with E-state index >= 15 is 0 Å². The van der Waals surface area contributed by atoms with Gasteiger partial charge in [-0.25, -0.2) is 13.3 Å². The number of nitriles is 1. The third-order valence-electron chi connectivity index (χ3n) is 6.66. The molecule has 1 saturated carbocycles. The van der Waals surface area contributed by atoms with Crippen molar-refractivity contribution in [1.82, 2.24) is 9.21 Å². The standard InChI is InChI=1S/C23H25F3N4O4S/c1-15-19(3-2-8-28-9-11-29(12-10-28)35(33,34)18-6-7-18)22(32)30(21(15)31)17-5-4-16(14-27)20(13-17)23(24,25)26/h4-5,13,18H,2-3,6-12H2,1H3. The average molecular weight is 511 g/mol. The third-order valence-corrected chi connectivity index (χ3v) is 9.06. The van der Waals surface area contributed by atoms with Crippen LogP contribution in [0.2, 0.25) is 0 Å². The number of hydrogen-bond acceptors (Lipinski definition) is 6. The molecule has 1 aromatic rings. The highest BCUT2D eigenvalue weighted by Crippen LogP contribution is 2.37. The first-order chi connectivity index (χ1) is 16.4. The zero-order chi connectivity index (χ0) is 25.5. The molecule has 2 heterocycles.